The summed E-state index contributed by atoms with van der Waals surface area (Å²) >= 11 is 0. The van der Waals surface area contributed by atoms with E-state index in [0.29, 0.717) is 67.9 Å². The summed E-state index contributed by atoms with van der Waals surface area (Å²) in [5.74, 6) is 0.0694. The quantitative estimate of drug-likeness (QED) is 0.183. The number of ketones is 1. The Kier molecular flexibility index (Phi) is 9.84. The SMILES string of the molecule is C=CCOc1ccc(C2/C(=C(\O)c3ccc(OCCC)c(C)c3)C(=O)C(=O)N2CCN2CCOCC2)cc1OC. The molecule has 2 aromatic carbocycles. The first-order valence-electron chi connectivity index (χ1n) is 13.6. The molecular weight excluding hydrogens is 512 g/mol. The van der Waals surface area contributed by atoms with Crippen molar-refractivity contribution in [1.29, 1.82) is 0 Å². The highest BCUT2D eigenvalue weighted by atomic mass is 16.5. The Labute approximate surface area is 235 Å². The smallest absolute Gasteiger partial charge is 0.295 e. The molecule has 1 unspecified atom stereocenters. The molecule has 4 rings (SSSR count). The molecule has 214 valence electrons. The predicted octanol–water partition coefficient (Wildman–Crippen LogP) is 4.11. The van der Waals surface area contributed by atoms with Crippen LogP contribution in [0.4, 0.5) is 0 Å². The van der Waals surface area contributed by atoms with Crippen molar-refractivity contribution < 1.29 is 33.6 Å². The zero-order chi connectivity index (χ0) is 28.6. The topological polar surface area (TPSA) is 97.8 Å². The van der Waals surface area contributed by atoms with Gasteiger partial charge in [-0.05, 0) is 54.8 Å². The van der Waals surface area contributed by atoms with E-state index in [-0.39, 0.29) is 11.3 Å². The van der Waals surface area contributed by atoms with Gasteiger partial charge in [-0.15, -0.1) is 0 Å². The lowest BCUT2D eigenvalue weighted by atomic mass is 9.94. The largest absolute Gasteiger partial charge is 0.507 e. The van der Waals surface area contributed by atoms with Crippen LogP contribution in [0.15, 0.2) is 54.6 Å². The van der Waals surface area contributed by atoms with Gasteiger partial charge in [0.05, 0.1) is 38.5 Å². The van der Waals surface area contributed by atoms with E-state index in [1.165, 1.54) is 12.0 Å². The summed E-state index contributed by atoms with van der Waals surface area (Å²) in [5, 5.41) is 11.5. The van der Waals surface area contributed by atoms with Crippen LogP contribution in [0.2, 0.25) is 0 Å². The van der Waals surface area contributed by atoms with Crippen molar-refractivity contribution in [3.63, 3.8) is 0 Å². The fourth-order valence-corrected chi connectivity index (χ4v) is 4.98. The van der Waals surface area contributed by atoms with Crippen LogP contribution >= 0.6 is 0 Å². The molecule has 0 aromatic heterocycles. The van der Waals surface area contributed by atoms with E-state index >= 15 is 0 Å². The fourth-order valence-electron chi connectivity index (χ4n) is 4.98. The summed E-state index contributed by atoms with van der Waals surface area (Å²) in [7, 11) is 1.53. The Balaban J connectivity index is 1.76. The molecule has 1 N–H and O–H groups in total. The molecule has 9 heteroatoms. The molecule has 40 heavy (non-hydrogen) atoms. The number of carbonyl (C=O) groups excluding carboxylic acids is 2. The van der Waals surface area contributed by atoms with Gasteiger partial charge in [-0.1, -0.05) is 25.6 Å². The van der Waals surface area contributed by atoms with Crippen LogP contribution in [0.25, 0.3) is 5.76 Å². The van der Waals surface area contributed by atoms with Gasteiger partial charge >= 0.3 is 0 Å². The highest BCUT2D eigenvalue weighted by molar-refractivity contribution is 6.46. The molecule has 2 aromatic rings. The number of aliphatic hydroxyl groups is 1. The summed E-state index contributed by atoms with van der Waals surface area (Å²) in [5.41, 5.74) is 1.93. The number of aryl methyl sites for hydroxylation is 1. The zero-order valence-corrected chi connectivity index (χ0v) is 23.5. The van der Waals surface area contributed by atoms with E-state index in [9.17, 15) is 14.7 Å². The van der Waals surface area contributed by atoms with Crippen LogP contribution in [-0.4, -0.2) is 86.3 Å². The molecule has 2 saturated heterocycles. The molecule has 0 aliphatic carbocycles. The maximum atomic E-state index is 13.5. The van der Waals surface area contributed by atoms with Crippen LogP contribution in [0.5, 0.6) is 17.2 Å². The molecule has 2 fully saturated rings. The van der Waals surface area contributed by atoms with Gasteiger partial charge < -0.3 is 29.0 Å². The fraction of sp³-hybridized carbons (Fsp3) is 0.419. The normalized spacial score (nSPS) is 19.1. The molecule has 2 aliphatic rings. The third-order valence-corrected chi connectivity index (χ3v) is 7.07. The van der Waals surface area contributed by atoms with Gasteiger partial charge in [-0.2, -0.15) is 0 Å². The molecule has 2 aliphatic heterocycles. The van der Waals surface area contributed by atoms with Crippen molar-refractivity contribution >= 4 is 17.4 Å². The molecule has 0 spiro atoms. The minimum Gasteiger partial charge on any atom is -0.507 e. The molecule has 1 atom stereocenters. The maximum absolute atomic E-state index is 13.5. The van der Waals surface area contributed by atoms with Gasteiger partial charge in [0.1, 0.15) is 18.1 Å². The number of benzene rings is 2. The second kappa shape index (κ2) is 13.5. The average molecular weight is 551 g/mol. The molecule has 0 saturated carbocycles. The summed E-state index contributed by atoms with van der Waals surface area (Å²) in [6.45, 7) is 12.1. The number of morpholine rings is 1. The molecular formula is C31H38N2O7. The number of likely N-dealkylation sites (tertiary alicyclic amines) is 1. The number of carbonyl (C=O) groups is 2. The number of Topliss-reactive ketones (excluding diaryl/α,β-unsaturated/α-hetero) is 1. The third kappa shape index (κ3) is 6.32. The number of methoxy groups -OCH3 is 1. The first-order chi connectivity index (χ1) is 19.4. The Morgan fingerprint density at radius 2 is 1.82 bits per heavy atom. The number of ether oxygens (including phenoxy) is 4. The molecule has 0 radical (unpaired) electrons. The number of nitrogens with zero attached hydrogens (tertiary/aromatic N) is 2. The highest BCUT2D eigenvalue weighted by Gasteiger charge is 2.46. The van der Waals surface area contributed by atoms with Crippen molar-refractivity contribution in [3.05, 3.63) is 71.3 Å². The Hall–Kier alpha value is -3.82. The summed E-state index contributed by atoms with van der Waals surface area (Å²) in [4.78, 5) is 30.6. The van der Waals surface area contributed by atoms with Gasteiger partial charge in [-0.3, -0.25) is 14.5 Å². The first kappa shape index (κ1) is 29.2. The average Bonchev–Trinajstić information content (AvgIpc) is 3.23. The lowest BCUT2D eigenvalue weighted by molar-refractivity contribution is -0.140. The van der Waals surface area contributed by atoms with Crippen molar-refractivity contribution in [2.75, 3.05) is 59.7 Å². The van der Waals surface area contributed by atoms with Gasteiger partial charge in [0.2, 0.25) is 0 Å². The van der Waals surface area contributed by atoms with Crippen molar-refractivity contribution in [2.45, 2.75) is 26.3 Å². The minimum atomic E-state index is -0.806. The Bertz CT molecular complexity index is 1270. The van der Waals surface area contributed by atoms with E-state index in [1.807, 2.05) is 13.8 Å². The first-order valence-corrected chi connectivity index (χ1v) is 13.6. The van der Waals surface area contributed by atoms with E-state index in [4.69, 9.17) is 18.9 Å². The maximum Gasteiger partial charge on any atom is 0.295 e. The van der Waals surface area contributed by atoms with E-state index < -0.39 is 17.7 Å². The summed E-state index contributed by atoms with van der Waals surface area (Å²) in [6, 6.07) is 9.72. The highest BCUT2D eigenvalue weighted by Crippen LogP contribution is 2.42. The lowest BCUT2D eigenvalue weighted by Gasteiger charge is -2.31. The standard InChI is InChI=1S/C31H38N2O7/c1-5-15-39-24-9-8-23(19-21(24)3)29(34)27-28(22-7-10-25(40-16-6-2)26(20-22)37-4)33(31(36)30(27)35)12-11-32-13-17-38-18-14-32/h6-10,19-20,28,34H,2,5,11-18H2,1,3-4H3/b29-27+. The van der Waals surface area contributed by atoms with Crippen LogP contribution in [0.1, 0.15) is 36.1 Å². The monoisotopic (exact) mass is 550 g/mol. The van der Waals surface area contributed by atoms with Gasteiger partial charge in [0.25, 0.3) is 11.7 Å². The van der Waals surface area contributed by atoms with E-state index in [2.05, 4.69) is 11.5 Å². The van der Waals surface area contributed by atoms with E-state index in [1.54, 1.807) is 42.5 Å². The number of aliphatic hydroxyl groups excluding tert-OH is 1. The van der Waals surface area contributed by atoms with Crippen LogP contribution in [0, 0.1) is 6.92 Å². The van der Waals surface area contributed by atoms with Crippen LogP contribution in [0.3, 0.4) is 0 Å². The second-order valence-corrected chi connectivity index (χ2v) is 9.79. The van der Waals surface area contributed by atoms with E-state index in [0.717, 1.165) is 25.1 Å². The van der Waals surface area contributed by atoms with Crippen molar-refractivity contribution in [3.8, 4) is 17.2 Å². The Morgan fingerprint density at radius 1 is 1.07 bits per heavy atom. The lowest BCUT2D eigenvalue weighted by Crippen LogP contribution is -2.42. The summed E-state index contributed by atoms with van der Waals surface area (Å²) in [6.07, 6.45) is 2.50. The van der Waals surface area contributed by atoms with Gasteiger partial charge in [0.15, 0.2) is 11.5 Å². The second-order valence-electron chi connectivity index (χ2n) is 9.79. The predicted molar refractivity (Wildman–Crippen MR) is 152 cm³/mol. The number of amides is 1. The van der Waals surface area contributed by atoms with Crippen molar-refractivity contribution in [1.82, 2.24) is 9.80 Å². The molecule has 2 heterocycles. The molecule has 0 bridgehead atoms. The number of hydrogen-bond acceptors (Lipinski definition) is 8. The van der Waals surface area contributed by atoms with Crippen LogP contribution in [-0.2, 0) is 14.3 Å². The summed E-state index contributed by atoms with van der Waals surface area (Å²) < 4.78 is 22.5. The number of rotatable bonds is 12. The minimum absolute atomic E-state index is 0.0374. The number of hydrogen-bond donors (Lipinski definition) is 1. The zero-order valence-electron chi connectivity index (χ0n) is 23.5. The van der Waals surface area contributed by atoms with Gasteiger partial charge in [-0.25, -0.2) is 0 Å². The molecule has 9 nitrogen and oxygen atoms in total. The van der Waals surface area contributed by atoms with Gasteiger partial charge in [0, 0.05) is 31.7 Å². The van der Waals surface area contributed by atoms with Crippen LogP contribution < -0.4 is 14.2 Å². The third-order valence-electron chi connectivity index (χ3n) is 7.07. The van der Waals surface area contributed by atoms with Crippen molar-refractivity contribution in [2.24, 2.45) is 0 Å². The Morgan fingerprint density at radius 3 is 2.50 bits per heavy atom. The molecule has 1 amide bonds.